The van der Waals surface area contributed by atoms with E-state index in [1.54, 1.807) is 19.1 Å². The molecule has 0 unspecified atom stereocenters. The second kappa shape index (κ2) is 15.7. The largest absolute Gasteiger partial charge is 0.463 e. The molecule has 7 nitrogen and oxygen atoms in total. The zero-order valence-electron chi connectivity index (χ0n) is 23.2. The molecule has 0 radical (unpaired) electrons. The van der Waals surface area contributed by atoms with E-state index in [2.05, 4.69) is 10.6 Å². The molecule has 2 N–H and O–H groups in total. The van der Waals surface area contributed by atoms with Gasteiger partial charge in [0.2, 0.25) is 11.8 Å². The summed E-state index contributed by atoms with van der Waals surface area (Å²) in [5.41, 5.74) is 3.83. The van der Waals surface area contributed by atoms with E-state index in [4.69, 9.17) is 4.74 Å². The Bertz CT molecular complexity index is 1290. The van der Waals surface area contributed by atoms with E-state index in [9.17, 15) is 14.4 Å². The summed E-state index contributed by atoms with van der Waals surface area (Å²) in [7, 11) is 3.93. The van der Waals surface area contributed by atoms with Crippen molar-refractivity contribution in [2.45, 2.75) is 31.8 Å². The lowest BCUT2D eigenvalue weighted by molar-refractivity contribution is -0.137. The van der Waals surface area contributed by atoms with Crippen molar-refractivity contribution in [2.24, 2.45) is 0 Å². The molecule has 7 heteroatoms. The number of carbonyl (C=O) groups is 3. The normalized spacial score (nSPS) is 12.6. The molecule has 0 fully saturated rings. The molecule has 0 aromatic heterocycles. The fraction of sp³-hybridized carbons (Fsp3) is 0.242. The number of ether oxygens (including phenoxy) is 1. The minimum atomic E-state index is -0.829. The highest BCUT2D eigenvalue weighted by Gasteiger charge is 2.23. The van der Waals surface area contributed by atoms with Gasteiger partial charge in [0, 0.05) is 38.4 Å². The van der Waals surface area contributed by atoms with Crippen molar-refractivity contribution in [2.75, 3.05) is 25.6 Å². The molecule has 0 heterocycles. The van der Waals surface area contributed by atoms with Gasteiger partial charge >= 0.3 is 5.97 Å². The molecule has 2 atom stereocenters. The average molecular weight is 540 g/mol. The molecule has 0 bridgehead atoms. The van der Waals surface area contributed by atoms with E-state index in [0.717, 1.165) is 22.4 Å². The van der Waals surface area contributed by atoms with Crippen LogP contribution in [-0.2, 0) is 32.0 Å². The van der Waals surface area contributed by atoms with E-state index in [-0.39, 0.29) is 18.4 Å². The zero-order chi connectivity index (χ0) is 28.7. The summed E-state index contributed by atoms with van der Waals surface area (Å²) in [5.74, 6) is -1.21. The molecule has 208 valence electrons. The van der Waals surface area contributed by atoms with Crippen molar-refractivity contribution in [3.05, 3.63) is 120 Å². The van der Waals surface area contributed by atoms with Crippen molar-refractivity contribution >= 4 is 29.5 Å². The second-order valence-electron chi connectivity index (χ2n) is 9.49. The van der Waals surface area contributed by atoms with Crippen LogP contribution in [0.25, 0.3) is 6.08 Å². The van der Waals surface area contributed by atoms with Crippen LogP contribution in [0.2, 0.25) is 0 Å². The molecular formula is C33H37N3O4. The summed E-state index contributed by atoms with van der Waals surface area (Å²) in [6, 6.07) is 25.7. The van der Waals surface area contributed by atoms with Crippen LogP contribution >= 0.6 is 0 Å². The SMILES string of the molecule is CCOC(=O)/C=C/[C@H](Cc1ccccc1)NC(=O)[C@H](Cc1ccccc1)NC(=O)/C=C\c1ccc(N(C)C)cc1. The van der Waals surface area contributed by atoms with Crippen LogP contribution in [0.4, 0.5) is 5.69 Å². The van der Waals surface area contributed by atoms with E-state index >= 15 is 0 Å². The van der Waals surface area contributed by atoms with Gasteiger partial charge in [-0.05, 0) is 48.2 Å². The summed E-state index contributed by atoms with van der Waals surface area (Å²) in [4.78, 5) is 40.4. The first-order valence-corrected chi connectivity index (χ1v) is 13.3. The Morgan fingerprint density at radius 1 is 0.800 bits per heavy atom. The molecule has 3 aromatic carbocycles. The van der Waals surface area contributed by atoms with E-state index in [0.29, 0.717) is 12.8 Å². The summed E-state index contributed by atoms with van der Waals surface area (Å²) in [6.07, 6.45) is 6.87. The quantitative estimate of drug-likeness (QED) is 0.249. The standard InChI is InChI=1S/C33H37N3O4/c1-4-40-32(38)22-18-28(23-26-11-7-5-8-12-26)34-33(39)30(24-27-13-9-6-10-14-27)35-31(37)21-17-25-15-19-29(20-16-25)36(2)3/h5-22,28,30H,4,23-24H2,1-3H3,(H,34,39)(H,35,37)/b21-17-,22-18+/t28-,30+/m1/s1. The maximum atomic E-state index is 13.5. The average Bonchev–Trinajstić information content (AvgIpc) is 2.96. The Balaban J connectivity index is 1.76. The summed E-state index contributed by atoms with van der Waals surface area (Å²) < 4.78 is 5.00. The number of carbonyl (C=O) groups excluding carboxylic acids is 3. The van der Waals surface area contributed by atoms with Crippen LogP contribution in [0.15, 0.2) is 103 Å². The fourth-order valence-corrected chi connectivity index (χ4v) is 4.04. The predicted molar refractivity (Wildman–Crippen MR) is 160 cm³/mol. The lowest BCUT2D eigenvalue weighted by atomic mass is 10.0. The molecule has 40 heavy (non-hydrogen) atoms. The summed E-state index contributed by atoms with van der Waals surface area (Å²) in [5, 5.41) is 5.86. The highest BCUT2D eigenvalue weighted by molar-refractivity contribution is 5.95. The first kappa shape index (κ1) is 29.9. The molecule has 3 rings (SSSR count). The topological polar surface area (TPSA) is 87.7 Å². The molecule has 2 amide bonds. The number of amides is 2. The third-order valence-electron chi connectivity index (χ3n) is 6.13. The Kier molecular flexibility index (Phi) is 11.7. The number of hydrogen-bond donors (Lipinski definition) is 2. The third-order valence-corrected chi connectivity index (χ3v) is 6.13. The fourth-order valence-electron chi connectivity index (χ4n) is 4.04. The van der Waals surface area contributed by atoms with Gasteiger partial charge in [-0.3, -0.25) is 9.59 Å². The van der Waals surface area contributed by atoms with Gasteiger partial charge < -0.3 is 20.3 Å². The monoisotopic (exact) mass is 539 g/mol. The van der Waals surface area contributed by atoms with E-state index in [1.807, 2.05) is 104 Å². The first-order valence-electron chi connectivity index (χ1n) is 13.3. The van der Waals surface area contributed by atoms with Gasteiger partial charge in [0.05, 0.1) is 12.6 Å². The number of hydrogen-bond acceptors (Lipinski definition) is 5. The molecule has 0 aliphatic carbocycles. The number of anilines is 1. The highest BCUT2D eigenvalue weighted by Crippen LogP contribution is 2.13. The van der Waals surface area contributed by atoms with Gasteiger partial charge in [-0.25, -0.2) is 4.79 Å². The third kappa shape index (κ3) is 10.3. The molecule has 0 aliphatic heterocycles. The van der Waals surface area contributed by atoms with Gasteiger partial charge in [-0.2, -0.15) is 0 Å². The highest BCUT2D eigenvalue weighted by atomic mass is 16.5. The van der Waals surface area contributed by atoms with Crippen LogP contribution in [0, 0.1) is 0 Å². The number of esters is 1. The minimum absolute atomic E-state index is 0.261. The Labute approximate surface area is 236 Å². The van der Waals surface area contributed by atoms with E-state index < -0.39 is 18.1 Å². The van der Waals surface area contributed by atoms with Crippen molar-refractivity contribution in [3.8, 4) is 0 Å². The summed E-state index contributed by atoms with van der Waals surface area (Å²) in [6.45, 7) is 2.00. The van der Waals surface area contributed by atoms with Crippen LogP contribution in [-0.4, -0.2) is 50.6 Å². The van der Waals surface area contributed by atoms with Gasteiger partial charge in [0.15, 0.2) is 0 Å². The number of benzene rings is 3. The van der Waals surface area contributed by atoms with Crippen molar-refractivity contribution in [1.82, 2.24) is 10.6 Å². The molecule has 0 saturated carbocycles. The second-order valence-corrected chi connectivity index (χ2v) is 9.49. The van der Waals surface area contributed by atoms with Crippen molar-refractivity contribution in [1.29, 1.82) is 0 Å². The van der Waals surface area contributed by atoms with Gasteiger partial charge in [-0.1, -0.05) is 78.9 Å². The molecule has 0 saturated heterocycles. The Hall–Kier alpha value is -4.65. The molecule has 0 spiro atoms. The molecule has 0 aliphatic rings. The van der Waals surface area contributed by atoms with Crippen molar-refractivity contribution in [3.63, 3.8) is 0 Å². The van der Waals surface area contributed by atoms with Gasteiger partial charge in [-0.15, -0.1) is 0 Å². The Morgan fingerprint density at radius 3 is 1.98 bits per heavy atom. The maximum absolute atomic E-state index is 13.5. The predicted octanol–water partition coefficient (Wildman–Crippen LogP) is 4.34. The van der Waals surface area contributed by atoms with Crippen molar-refractivity contribution < 1.29 is 19.1 Å². The lowest BCUT2D eigenvalue weighted by Gasteiger charge is -2.22. The number of nitrogens with zero attached hydrogens (tertiary/aromatic N) is 1. The molecular weight excluding hydrogens is 502 g/mol. The smallest absolute Gasteiger partial charge is 0.330 e. The van der Waals surface area contributed by atoms with Gasteiger partial charge in [0.1, 0.15) is 6.04 Å². The Morgan fingerprint density at radius 2 is 1.40 bits per heavy atom. The maximum Gasteiger partial charge on any atom is 0.330 e. The summed E-state index contributed by atoms with van der Waals surface area (Å²) >= 11 is 0. The number of rotatable bonds is 13. The first-order chi connectivity index (χ1) is 19.3. The minimum Gasteiger partial charge on any atom is -0.463 e. The van der Waals surface area contributed by atoms with Crippen LogP contribution in [0.1, 0.15) is 23.6 Å². The lowest BCUT2D eigenvalue weighted by Crippen LogP contribution is -2.50. The molecule has 3 aromatic rings. The zero-order valence-corrected chi connectivity index (χ0v) is 23.2. The van der Waals surface area contributed by atoms with E-state index in [1.165, 1.54) is 12.2 Å². The number of nitrogens with one attached hydrogen (secondary N) is 2. The van der Waals surface area contributed by atoms with Gasteiger partial charge in [0.25, 0.3) is 0 Å². The van der Waals surface area contributed by atoms with Crippen LogP contribution in [0.5, 0.6) is 0 Å². The van der Waals surface area contributed by atoms with Crippen LogP contribution in [0.3, 0.4) is 0 Å². The van der Waals surface area contributed by atoms with Crippen LogP contribution < -0.4 is 15.5 Å².